The second kappa shape index (κ2) is 7.23. The summed E-state index contributed by atoms with van der Waals surface area (Å²) in [5.41, 5.74) is 0.566. The van der Waals surface area contributed by atoms with Crippen LogP contribution in [-0.4, -0.2) is 49.7 Å². The maximum Gasteiger partial charge on any atom is 0.253 e. The van der Waals surface area contributed by atoms with Gasteiger partial charge in [-0.1, -0.05) is 19.3 Å². The number of benzene rings is 1. The Bertz CT molecular complexity index is 673. The summed E-state index contributed by atoms with van der Waals surface area (Å²) >= 11 is 0. The van der Waals surface area contributed by atoms with Crippen molar-refractivity contribution in [3.63, 3.8) is 0 Å². The van der Waals surface area contributed by atoms with E-state index in [2.05, 4.69) is 0 Å². The SMILES string of the molecule is CN(C1CCCCC1)S(=O)(=O)c1ccc(C(=O)N2CCCC2)cc1. The number of hydrogen-bond acceptors (Lipinski definition) is 3. The van der Waals surface area contributed by atoms with Gasteiger partial charge in [0.1, 0.15) is 0 Å². The summed E-state index contributed by atoms with van der Waals surface area (Å²) in [5, 5.41) is 0. The Morgan fingerprint density at radius 1 is 1.00 bits per heavy atom. The summed E-state index contributed by atoms with van der Waals surface area (Å²) in [6.07, 6.45) is 7.33. The Balaban J connectivity index is 1.75. The first kappa shape index (κ1) is 17.4. The van der Waals surface area contributed by atoms with Crippen LogP contribution in [0.4, 0.5) is 0 Å². The monoisotopic (exact) mass is 350 g/mol. The molecule has 3 rings (SSSR count). The van der Waals surface area contributed by atoms with Crippen molar-refractivity contribution in [2.75, 3.05) is 20.1 Å². The molecule has 0 aromatic heterocycles. The van der Waals surface area contributed by atoms with Gasteiger partial charge >= 0.3 is 0 Å². The van der Waals surface area contributed by atoms with E-state index >= 15 is 0 Å². The number of rotatable bonds is 4. The highest BCUT2D eigenvalue weighted by Gasteiger charge is 2.29. The Morgan fingerprint density at radius 3 is 2.17 bits per heavy atom. The lowest BCUT2D eigenvalue weighted by Crippen LogP contribution is -2.38. The highest BCUT2D eigenvalue weighted by atomic mass is 32.2. The predicted molar refractivity (Wildman–Crippen MR) is 93.4 cm³/mol. The van der Waals surface area contributed by atoms with Gasteiger partial charge in [-0.15, -0.1) is 0 Å². The minimum absolute atomic E-state index is 0.00270. The molecule has 2 fully saturated rings. The van der Waals surface area contributed by atoms with E-state index in [0.717, 1.165) is 51.6 Å². The van der Waals surface area contributed by atoms with Crippen molar-refractivity contribution in [1.82, 2.24) is 9.21 Å². The highest BCUT2D eigenvalue weighted by molar-refractivity contribution is 7.89. The van der Waals surface area contributed by atoms with Crippen molar-refractivity contribution in [3.05, 3.63) is 29.8 Å². The lowest BCUT2D eigenvalue weighted by Gasteiger charge is -2.30. The van der Waals surface area contributed by atoms with Gasteiger partial charge in [-0.05, 0) is 49.9 Å². The van der Waals surface area contributed by atoms with Gasteiger partial charge in [0, 0.05) is 31.7 Å². The van der Waals surface area contributed by atoms with Gasteiger partial charge in [0.25, 0.3) is 5.91 Å². The Labute approximate surface area is 144 Å². The van der Waals surface area contributed by atoms with Gasteiger partial charge in [0.2, 0.25) is 10.0 Å². The van der Waals surface area contributed by atoms with Crippen LogP contribution in [0.2, 0.25) is 0 Å². The first-order valence-electron chi connectivity index (χ1n) is 8.87. The van der Waals surface area contributed by atoms with Gasteiger partial charge in [-0.3, -0.25) is 4.79 Å². The number of sulfonamides is 1. The summed E-state index contributed by atoms with van der Waals surface area (Å²) in [6, 6.07) is 6.51. The molecular formula is C18H26N2O3S. The van der Waals surface area contributed by atoms with E-state index in [1.807, 2.05) is 4.90 Å². The van der Waals surface area contributed by atoms with Gasteiger partial charge in [0.15, 0.2) is 0 Å². The number of amides is 1. The van der Waals surface area contributed by atoms with E-state index in [4.69, 9.17) is 0 Å². The molecule has 132 valence electrons. The molecule has 1 aromatic carbocycles. The van der Waals surface area contributed by atoms with Crippen molar-refractivity contribution in [2.45, 2.75) is 55.9 Å². The van der Waals surface area contributed by atoms with E-state index in [1.165, 1.54) is 10.7 Å². The molecule has 0 radical (unpaired) electrons. The van der Waals surface area contributed by atoms with Crippen molar-refractivity contribution in [1.29, 1.82) is 0 Å². The van der Waals surface area contributed by atoms with Crippen molar-refractivity contribution in [3.8, 4) is 0 Å². The lowest BCUT2D eigenvalue weighted by atomic mass is 9.96. The molecule has 0 bridgehead atoms. The van der Waals surface area contributed by atoms with Crippen LogP contribution in [0, 0.1) is 0 Å². The van der Waals surface area contributed by atoms with E-state index < -0.39 is 10.0 Å². The topological polar surface area (TPSA) is 57.7 Å². The molecule has 1 aliphatic heterocycles. The van der Waals surface area contributed by atoms with Crippen LogP contribution in [0.1, 0.15) is 55.3 Å². The Hall–Kier alpha value is -1.40. The molecule has 1 heterocycles. The van der Waals surface area contributed by atoms with Crippen LogP contribution < -0.4 is 0 Å². The third-order valence-electron chi connectivity index (χ3n) is 5.26. The molecule has 6 heteroatoms. The van der Waals surface area contributed by atoms with E-state index in [0.29, 0.717) is 5.56 Å². The zero-order valence-corrected chi connectivity index (χ0v) is 15.1. The minimum atomic E-state index is -3.49. The van der Waals surface area contributed by atoms with Gasteiger partial charge in [-0.2, -0.15) is 4.31 Å². The molecule has 1 aliphatic carbocycles. The molecular weight excluding hydrogens is 324 g/mol. The summed E-state index contributed by atoms with van der Waals surface area (Å²) in [5.74, 6) is -0.00270. The van der Waals surface area contributed by atoms with Crippen molar-refractivity contribution in [2.24, 2.45) is 0 Å². The fourth-order valence-electron chi connectivity index (χ4n) is 3.68. The highest BCUT2D eigenvalue weighted by Crippen LogP contribution is 2.26. The average molecular weight is 350 g/mol. The van der Waals surface area contributed by atoms with Crippen molar-refractivity contribution < 1.29 is 13.2 Å². The molecule has 1 saturated heterocycles. The zero-order valence-electron chi connectivity index (χ0n) is 14.3. The van der Waals surface area contributed by atoms with Gasteiger partial charge < -0.3 is 4.90 Å². The lowest BCUT2D eigenvalue weighted by molar-refractivity contribution is 0.0792. The second-order valence-electron chi connectivity index (χ2n) is 6.84. The average Bonchev–Trinajstić information content (AvgIpc) is 3.16. The minimum Gasteiger partial charge on any atom is -0.339 e. The quantitative estimate of drug-likeness (QED) is 0.839. The maximum absolute atomic E-state index is 12.8. The zero-order chi connectivity index (χ0) is 17.2. The molecule has 1 aromatic rings. The van der Waals surface area contributed by atoms with Crippen molar-refractivity contribution >= 4 is 15.9 Å². The number of nitrogens with zero attached hydrogens (tertiary/aromatic N) is 2. The predicted octanol–water partition coefficient (Wildman–Crippen LogP) is 2.88. The van der Waals surface area contributed by atoms with E-state index in [9.17, 15) is 13.2 Å². The third kappa shape index (κ3) is 3.49. The Morgan fingerprint density at radius 2 is 1.58 bits per heavy atom. The summed E-state index contributed by atoms with van der Waals surface area (Å²) in [4.78, 5) is 14.5. The molecule has 0 unspecified atom stereocenters. The van der Waals surface area contributed by atoms with Crippen LogP contribution in [0.5, 0.6) is 0 Å². The normalized spacial score (nSPS) is 19.8. The smallest absolute Gasteiger partial charge is 0.253 e. The molecule has 0 atom stereocenters. The first-order valence-corrected chi connectivity index (χ1v) is 10.3. The summed E-state index contributed by atoms with van der Waals surface area (Å²) in [6.45, 7) is 1.59. The molecule has 5 nitrogen and oxygen atoms in total. The van der Waals surface area contributed by atoms with Crippen LogP contribution in [0.15, 0.2) is 29.2 Å². The maximum atomic E-state index is 12.8. The second-order valence-corrected chi connectivity index (χ2v) is 8.83. The molecule has 1 saturated carbocycles. The van der Waals surface area contributed by atoms with E-state index in [-0.39, 0.29) is 16.8 Å². The summed E-state index contributed by atoms with van der Waals surface area (Å²) in [7, 11) is -1.82. The molecule has 24 heavy (non-hydrogen) atoms. The standard InChI is InChI=1S/C18H26N2O3S/c1-19(16-7-3-2-4-8-16)24(22,23)17-11-9-15(10-12-17)18(21)20-13-5-6-14-20/h9-12,16H,2-8,13-14H2,1H3. The van der Waals surface area contributed by atoms with Gasteiger partial charge in [-0.25, -0.2) is 8.42 Å². The van der Waals surface area contributed by atoms with Crippen LogP contribution in [-0.2, 0) is 10.0 Å². The van der Waals surface area contributed by atoms with Crippen LogP contribution in [0.25, 0.3) is 0 Å². The molecule has 1 amide bonds. The third-order valence-corrected chi connectivity index (χ3v) is 7.18. The Kier molecular flexibility index (Phi) is 5.25. The number of hydrogen-bond donors (Lipinski definition) is 0. The van der Waals surface area contributed by atoms with Crippen LogP contribution >= 0.6 is 0 Å². The summed E-state index contributed by atoms with van der Waals surface area (Å²) < 4.78 is 27.1. The van der Waals surface area contributed by atoms with Crippen LogP contribution in [0.3, 0.4) is 0 Å². The number of likely N-dealkylation sites (tertiary alicyclic amines) is 1. The fourth-order valence-corrected chi connectivity index (χ4v) is 5.10. The molecule has 0 spiro atoms. The number of carbonyl (C=O) groups is 1. The fraction of sp³-hybridized carbons (Fsp3) is 0.611. The molecule has 2 aliphatic rings. The first-order chi connectivity index (χ1) is 11.5. The van der Waals surface area contributed by atoms with E-state index in [1.54, 1.807) is 31.3 Å². The largest absolute Gasteiger partial charge is 0.339 e. The molecule has 0 N–H and O–H groups in total. The van der Waals surface area contributed by atoms with Gasteiger partial charge in [0.05, 0.1) is 4.90 Å². The number of carbonyl (C=O) groups excluding carboxylic acids is 1.